The van der Waals surface area contributed by atoms with Gasteiger partial charge < -0.3 is 9.15 Å². The molecule has 2 aromatic rings. The minimum Gasteiger partial charge on any atom is -0.462 e. The highest BCUT2D eigenvalue weighted by atomic mass is 32.1. The third-order valence-corrected chi connectivity index (χ3v) is 4.27. The number of likely N-dealkylation sites (tertiary alicyclic amines) is 1. The molecule has 0 aromatic carbocycles. The van der Waals surface area contributed by atoms with E-state index >= 15 is 0 Å². The first-order valence-electron chi connectivity index (χ1n) is 6.56. The van der Waals surface area contributed by atoms with Crippen molar-refractivity contribution < 1.29 is 9.15 Å². The molecule has 5 heteroatoms. The number of thiazole rings is 1. The van der Waals surface area contributed by atoms with Crippen molar-refractivity contribution in [3.05, 3.63) is 40.2 Å². The van der Waals surface area contributed by atoms with Gasteiger partial charge in [-0.1, -0.05) is 0 Å². The number of hydrogen-bond acceptors (Lipinski definition) is 5. The van der Waals surface area contributed by atoms with E-state index in [1.807, 2.05) is 17.8 Å². The molecule has 1 aliphatic rings. The summed E-state index contributed by atoms with van der Waals surface area (Å²) in [5.74, 6) is 1.97. The molecule has 1 unspecified atom stereocenters. The second-order valence-electron chi connectivity index (χ2n) is 4.83. The zero-order valence-electron chi connectivity index (χ0n) is 11.0. The largest absolute Gasteiger partial charge is 0.462 e. The van der Waals surface area contributed by atoms with E-state index < -0.39 is 0 Å². The van der Waals surface area contributed by atoms with Crippen LogP contribution in [0.4, 0.5) is 0 Å². The van der Waals surface area contributed by atoms with Gasteiger partial charge in [-0.2, -0.15) is 0 Å². The average Bonchev–Trinajstić information content (AvgIpc) is 3.11. The van der Waals surface area contributed by atoms with Gasteiger partial charge in [-0.3, -0.25) is 9.88 Å². The summed E-state index contributed by atoms with van der Waals surface area (Å²) in [5.41, 5.74) is 1.89. The highest BCUT2D eigenvalue weighted by Gasteiger charge is 2.28. The van der Waals surface area contributed by atoms with Gasteiger partial charge in [0.05, 0.1) is 11.6 Å². The Morgan fingerprint density at radius 3 is 3.26 bits per heavy atom. The maximum atomic E-state index is 5.88. The SMILES string of the molecule is COCc1ccc(C2CCCN2Cc2cncs2)o1. The molecule has 0 amide bonds. The summed E-state index contributed by atoms with van der Waals surface area (Å²) in [5, 5.41) is 0. The van der Waals surface area contributed by atoms with E-state index in [-0.39, 0.29) is 0 Å². The molecule has 102 valence electrons. The smallest absolute Gasteiger partial charge is 0.129 e. The van der Waals surface area contributed by atoms with Gasteiger partial charge in [-0.05, 0) is 31.5 Å². The second-order valence-corrected chi connectivity index (χ2v) is 5.80. The Balaban J connectivity index is 1.71. The summed E-state index contributed by atoms with van der Waals surface area (Å²) in [7, 11) is 1.69. The summed E-state index contributed by atoms with van der Waals surface area (Å²) in [4.78, 5) is 7.93. The molecule has 19 heavy (non-hydrogen) atoms. The quantitative estimate of drug-likeness (QED) is 0.841. The van der Waals surface area contributed by atoms with E-state index in [1.54, 1.807) is 18.4 Å². The van der Waals surface area contributed by atoms with Gasteiger partial charge >= 0.3 is 0 Å². The minimum absolute atomic E-state index is 0.396. The van der Waals surface area contributed by atoms with Crippen LogP contribution in [0.5, 0.6) is 0 Å². The summed E-state index contributed by atoms with van der Waals surface area (Å²) in [6.07, 6.45) is 4.35. The molecular weight excluding hydrogens is 260 g/mol. The normalized spacial score (nSPS) is 20.2. The van der Waals surface area contributed by atoms with E-state index in [2.05, 4.69) is 16.0 Å². The number of rotatable bonds is 5. The lowest BCUT2D eigenvalue weighted by Gasteiger charge is -2.21. The summed E-state index contributed by atoms with van der Waals surface area (Å²) < 4.78 is 11.0. The Bertz CT molecular complexity index is 509. The Kier molecular flexibility index (Phi) is 3.96. The topological polar surface area (TPSA) is 38.5 Å². The molecule has 0 radical (unpaired) electrons. The summed E-state index contributed by atoms with van der Waals surface area (Å²) in [6, 6.07) is 4.50. The fraction of sp³-hybridized carbons (Fsp3) is 0.500. The molecule has 3 rings (SSSR count). The van der Waals surface area contributed by atoms with Gasteiger partial charge in [0.25, 0.3) is 0 Å². The van der Waals surface area contributed by atoms with Crippen LogP contribution in [0.1, 0.15) is 35.3 Å². The van der Waals surface area contributed by atoms with Crippen LogP contribution < -0.4 is 0 Å². The van der Waals surface area contributed by atoms with Crippen molar-refractivity contribution in [1.82, 2.24) is 9.88 Å². The molecule has 1 fully saturated rings. The molecule has 0 N–H and O–H groups in total. The van der Waals surface area contributed by atoms with Gasteiger partial charge in [0.2, 0.25) is 0 Å². The number of methoxy groups -OCH3 is 1. The van der Waals surface area contributed by atoms with Crippen LogP contribution in [0.3, 0.4) is 0 Å². The first-order valence-corrected chi connectivity index (χ1v) is 7.44. The van der Waals surface area contributed by atoms with Gasteiger partial charge in [-0.15, -0.1) is 11.3 Å². The van der Waals surface area contributed by atoms with Crippen LogP contribution in [0.2, 0.25) is 0 Å². The first-order chi connectivity index (χ1) is 9.36. The fourth-order valence-corrected chi connectivity index (χ4v) is 3.27. The average molecular weight is 278 g/mol. The van der Waals surface area contributed by atoms with Crippen LogP contribution in [-0.2, 0) is 17.9 Å². The Morgan fingerprint density at radius 1 is 1.53 bits per heavy atom. The van der Waals surface area contributed by atoms with Gasteiger partial charge in [0.1, 0.15) is 18.1 Å². The molecule has 2 aromatic heterocycles. The van der Waals surface area contributed by atoms with E-state index in [9.17, 15) is 0 Å². The molecule has 0 aliphatic carbocycles. The molecule has 0 bridgehead atoms. The third-order valence-electron chi connectivity index (χ3n) is 3.50. The van der Waals surface area contributed by atoms with Crippen LogP contribution in [0.25, 0.3) is 0 Å². The molecule has 1 atom stereocenters. The van der Waals surface area contributed by atoms with Crippen LogP contribution in [-0.4, -0.2) is 23.5 Å². The van der Waals surface area contributed by atoms with E-state index in [0.29, 0.717) is 12.6 Å². The van der Waals surface area contributed by atoms with Crippen LogP contribution in [0.15, 0.2) is 28.3 Å². The Morgan fingerprint density at radius 2 is 2.47 bits per heavy atom. The molecule has 0 saturated carbocycles. The van der Waals surface area contributed by atoms with Gasteiger partial charge in [-0.25, -0.2) is 0 Å². The molecular formula is C14H18N2O2S. The predicted molar refractivity (Wildman–Crippen MR) is 73.9 cm³/mol. The van der Waals surface area contributed by atoms with Crippen molar-refractivity contribution in [3.63, 3.8) is 0 Å². The molecule has 3 heterocycles. The predicted octanol–water partition coefficient (Wildman–Crippen LogP) is 3.22. The summed E-state index contributed by atoms with van der Waals surface area (Å²) >= 11 is 1.72. The van der Waals surface area contributed by atoms with Crippen molar-refractivity contribution in [2.75, 3.05) is 13.7 Å². The number of aromatic nitrogens is 1. The first kappa shape index (κ1) is 12.8. The van der Waals surface area contributed by atoms with Gasteiger partial charge in [0.15, 0.2) is 0 Å². The van der Waals surface area contributed by atoms with E-state index in [0.717, 1.165) is 24.6 Å². The number of hydrogen-bond donors (Lipinski definition) is 0. The van der Waals surface area contributed by atoms with Crippen molar-refractivity contribution >= 4 is 11.3 Å². The minimum atomic E-state index is 0.396. The third kappa shape index (κ3) is 2.88. The van der Waals surface area contributed by atoms with Crippen molar-refractivity contribution in [1.29, 1.82) is 0 Å². The highest BCUT2D eigenvalue weighted by Crippen LogP contribution is 2.34. The summed E-state index contributed by atoms with van der Waals surface area (Å²) in [6.45, 7) is 2.64. The van der Waals surface area contributed by atoms with E-state index in [4.69, 9.17) is 9.15 Å². The second kappa shape index (κ2) is 5.86. The van der Waals surface area contributed by atoms with Crippen LogP contribution in [0, 0.1) is 0 Å². The zero-order chi connectivity index (χ0) is 13.1. The maximum Gasteiger partial charge on any atom is 0.129 e. The number of ether oxygens (including phenoxy) is 1. The lowest BCUT2D eigenvalue weighted by Crippen LogP contribution is -2.21. The van der Waals surface area contributed by atoms with Crippen molar-refractivity contribution in [2.24, 2.45) is 0 Å². The van der Waals surface area contributed by atoms with Crippen molar-refractivity contribution in [2.45, 2.75) is 32.0 Å². The van der Waals surface area contributed by atoms with Crippen molar-refractivity contribution in [3.8, 4) is 0 Å². The molecule has 1 aliphatic heterocycles. The van der Waals surface area contributed by atoms with Crippen LogP contribution >= 0.6 is 11.3 Å². The molecule has 4 nitrogen and oxygen atoms in total. The van der Waals surface area contributed by atoms with E-state index in [1.165, 1.54) is 17.7 Å². The zero-order valence-corrected chi connectivity index (χ0v) is 11.9. The maximum absolute atomic E-state index is 5.88. The fourth-order valence-electron chi connectivity index (χ4n) is 2.65. The standard InChI is InChI=1S/C14H18N2O2S/c1-17-9-11-4-5-14(18-11)13-3-2-6-16(13)8-12-7-15-10-19-12/h4-5,7,10,13H,2-3,6,8-9H2,1H3. The Hall–Kier alpha value is -1.17. The Labute approximate surface area is 117 Å². The lowest BCUT2D eigenvalue weighted by molar-refractivity contribution is 0.155. The monoisotopic (exact) mass is 278 g/mol. The number of nitrogens with zero attached hydrogens (tertiary/aromatic N) is 2. The molecule has 1 saturated heterocycles. The highest BCUT2D eigenvalue weighted by molar-refractivity contribution is 7.09. The lowest BCUT2D eigenvalue weighted by atomic mass is 10.1. The molecule has 0 spiro atoms. The number of furan rings is 1. The van der Waals surface area contributed by atoms with Gasteiger partial charge in [0, 0.05) is 24.7 Å².